The van der Waals surface area contributed by atoms with E-state index < -0.39 is 0 Å². The second-order valence-electron chi connectivity index (χ2n) is 4.53. The number of rotatable bonds is 4. The maximum atomic E-state index is 14.2. The van der Waals surface area contributed by atoms with E-state index in [-0.39, 0.29) is 11.9 Å². The molecule has 1 aromatic heterocycles. The summed E-state index contributed by atoms with van der Waals surface area (Å²) in [7, 11) is 0. The molecule has 0 saturated heterocycles. The summed E-state index contributed by atoms with van der Waals surface area (Å²) in [5.41, 5.74) is 1.90. The van der Waals surface area contributed by atoms with Gasteiger partial charge in [0.2, 0.25) is 0 Å². The van der Waals surface area contributed by atoms with Gasteiger partial charge in [-0.1, -0.05) is 28.9 Å². The van der Waals surface area contributed by atoms with Crippen LogP contribution < -0.4 is 5.32 Å². The van der Waals surface area contributed by atoms with E-state index in [0.717, 1.165) is 11.0 Å². The predicted molar refractivity (Wildman–Crippen MR) is 83.4 cm³/mol. The number of halogens is 2. The molecular formula is C15H17BrFNS. The molecule has 0 aliphatic heterocycles. The van der Waals surface area contributed by atoms with Gasteiger partial charge in [-0.3, -0.25) is 0 Å². The van der Waals surface area contributed by atoms with Gasteiger partial charge < -0.3 is 5.32 Å². The highest BCUT2D eigenvalue weighted by molar-refractivity contribution is 9.10. The van der Waals surface area contributed by atoms with Crippen LogP contribution in [0.3, 0.4) is 0 Å². The van der Waals surface area contributed by atoms with Crippen LogP contribution in [-0.2, 0) is 0 Å². The highest BCUT2D eigenvalue weighted by Crippen LogP contribution is 2.36. The Bertz CT molecular complexity index is 559. The molecule has 1 heterocycles. The topological polar surface area (TPSA) is 12.0 Å². The molecule has 4 heteroatoms. The summed E-state index contributed by atoms with van der Waals surface area (Å²) in [6.07, 6.45) is 0. The molecule has 1 unspecified atom stereocenters. The Balaban J connectivity index is 2.54. The van der Waals surface area contributed by atoms with Crippen molar-refractivity contribution in [3.8, 4) is 0 Å². The lowest BCUT2D eigenvalue weighted by Gasteiger charge is -2.20. The minimum atomic E-state index is -0.175. The SMILES string of the molecule is CCNC(c1sc(C)cc1C)c1c(F)cccc1Br. The summed E-state index contributed by atoms with van der Waals surface area (Å²) in [5, 5.41) is 3.39. The largest absolute Gasteiger partial charge is 0.306 e. The molecule has 1 atom stereocenters. The molecule has 1 N–H and O–H groups in total. The van der Waals surface area contributed by atoms with E-state index in [1.54, 1.807) is 17.4 Å². The molecule has 19 heavy (non-hydrogen) atoms. The standard InChI is InChI=1S/C15H17BrFNS/c1-4-18-14(15-9(2)8-10(3)19-15)13-11(16)6-5-7-12(13)17/h5-8,14,18H,4H2,1-3H3. The zero-order chi connectivity index (χ0) is 14.0. The molecule has 102 valence electrons. The van der Waals surface area contributed by atoms with Gasteiger partial charge in [-0.05, 0) is 44.2 Å². The molecule has 0 amide bonds. The number of aryl methyl sites for hydroxylation is 2. The molecule has 0 spiro atoms. The highest BCUT2D eigenvalue weighted by Gasteiger charge is 2.22. The summed E-state index contributed by atoms with van der Waals surface area (Å²) >= 11 is 5.20. The second kappa shape index (κ2) is 6.16. The molecular weight excluding hydrogens is 325 g/mol. The molecule has 0 radical (unpaired) electrons. The first-order valence-corrected chi connectivity index (χ1v) is 7.89. The predicted octanol–water partition coefficient (Wildman–Crippen LogP) is 4.97. The van der Waals surface area contributed by atoms with E-state index in [4.69, 9.17) is 0 Å². The Hall–Kier alpha value is -0.710. The smallest absolute Gasteiger partial charge is 0.129 e. The highest BCUT2D eigenvalue weighted by atomic mass is 79.9. The van der Waals surface area contributed by atoms with E-state index in [1.165, 1.54) is 21.4 Å². The van der Waals surface area contributed by atoms with Gasteiger partial charge in [-0.15, -0.1) is 11.3 Å². The number of hydrogen-bond acceptors (Lipinski definition) is 2. The monoisotopic (exact) mass is 341 g/mol. The second-order valence-corrected chi connectivity index (χ2v) is 6.67. The van der Waals surface area contributed by atoms with Gasteiger partial charge in [0.25, 0.3) is 0 Å². The Morgan fingerprint density at radius 2 is 2.11 bits per heavy atom. The Labute approximate surface area is 126 Å². The van der Waals surface area contributed by atoms with Crippen molar-refractivity contribution in [1.82, 2.24) is 5.32 Å². The first kappa shape index (κ1) is 14.7. The molecule has 0 aliphatic carbocycles. The molecule has 0 fully saturated rings. The number of nitrogens with one attached hydrogen (secondary N) is 1. The van der Waals surface area contributed by atoms with Crippen LogP contribution in [0.25, 0.3) is 0 Å². The fourth-order valence-corrected chi connectivity index (χ4v) is 3.95. The average Bonchev–Trinajstić information content (AvgIpc) is 2.67. The Morgan fingerprint density at radius 1 is 1.37 bits per heavy atom. The lowest BCUT2D eigenvalue weighted by molar-refractivity contribution is 0.560. The number of hydrogen-bond donors (Lipinski definition) is 1. The Morgan fingerprint density at radius 3 is 2.63 bits per heavy atom. The quantitative estimate of drug-likeness (QED) is 0.828. The van der Waals surface area contributed by atoms with Crippen molar-refractivity contribution in [2.75, 3.05) is 6.54 Å². The van der Waals surface area contributed by atoms with Crippen molar-refractivity contribution in [2.45, 2.75) is 26.8 Å². The average molecular weight is 342 g/mol. The van der Waals surface area contributed by atoms with Crippen molar-refractivity contribution in [3.63, 3.8) is 0 Å². The van der Waals surface area contributed by atoms with E-state index in [1.807, 2.05) is 13.0 Å². The fourth-order valence-electron chi connectivity index (χ4n) is 2.26. The molecule has 0 bridgehead atoms. The summed E-state index contributed by atoms with van der Waals surface area (Å²) in [6, 6.07) is 7.18. The maximum absolute atomic E-state index is 14.2. The van der Waals surface area contributed by atoms with Crippen molar-refractivity contribution in [2.24, 2.45) is 0 Å². The zero-order valence-electron chi connectivity index (χ0n) is 11.3. The van der Waals surface area contributed by atoms with Crippen LogP contribution in [0, 0.1) is 19.7 Å². The first-order valence-electron chi connectivity index (χ1n) is 6.28. The van der Waals surface area contributed by atoms with Gasteiger partial charge in [0.05, 0.1) is 6.04 Å². The summed E-state index contributed by atoms with van der Waals surface area (Å²) < 4.78 is 15.0. The van der Waals surface area contributed by atoms with E-state index >= 15 is 0 Å². The number of thiophene rings is 1. The minimum absolute atomic E-state index is 0.0979. The van der Waals surface area contributed by atoms with Crippen LogP contribution in [0.1, 0.15) is 33.8 Å². The third-order valence-electron chi connectivity index (χ3n) is 3.04. The minimum Gasteiger partial charge on any atom is -0.306 e. The molecule has 2 rings (SSSR count). The van der Waals surface area contributed by atoms with Crippen molar-refractivity contribution in [1.29, 1.82) is 0 Å². The van der Waals surface area contributed by atoms with E-state index in [9.17, 15) is 4.39 Å². The molecule has 1 aromatic carbocycles. The summed E-state index contributed by atoms with van der Waals surface area (Å²) in [5.74, 6) is -0.175. The summed E-state index contributed by atoms with van der Waals surface area (Å²) in [6.45, 7) is 7.00. The summed E-state index contributed by atoms with van der Waals surface area (Å²) in [4.78, 5) is 2.44. The maximum Gasteiger partial charge on any atom is 0.129 e. The third kappa shape index (κ3) is 3.07. The lowest BCUT2D eigenvalue weighted by atomic mass is 10.0. The zero-order valence-corrected chi connectivity index (χ0v) is 13.7. The first-order chi connectivity index (χ1) is 9.04. The van der Waals surface area contributed by atoms with Crippen LogP contribution >= 0.6 is 27.3 Å². The van der Waals surface area contributed by atoms with Gasteiger partial charge in [0.15, 0.2) is 0 Å². The fraction of sp³-hybridized carbons (Fsp3) is 0.333. The van der Waals surface area contributed by atoms with Crippen molar-refractivity contribution < 1.29 is 4.39 Å². The van der Waals surface area contributed by atoms with Gasteiger partial charge >= 0.3 is 0 Å². The Kier molecular flexibility index (Phi) is 4.76. The van der Waals surface area contributed by atoms with Crippen LogP contribution in [0.5, 0.6) is 0 Å². The van der Waals surface area contributed by atoms with Gasteiger partial charge in [-0.25, -0.2) is 4.39 Å². The molecule has 2 aromatic rings. The van der Waals surface area contributed by atoms with Crippen molar-refractivity contribution >= 4 is 27.3 Å². The van der Waals surface area contributed by atoms with Crippen LogP contribution in [-0.4, -0.2) is 6.54 Å². The van der Waals surface area contributed by atoms with E-state index in [2.05, 4.69) is 41.2 Å². The van der Waals surface area contributed by atoms with Gasteiger partial charge in [0, 0.05) is 19.8 Å². The van der Waals surface area contributed by atoms with E-state index in [0.29, 0.717) is 5.56 Å². The molecule has 0 saturated carbocycles. The molecule has 1 nitrogen and oxygen atoms in total. The number of benzene rings is 1. The van der Waals surface area contributed by atoms with Crippen LogP contribution in [0.4, 0.5) is 4.39 Å². The molecule has 0 aliphatic rings. The van der Waals surface area contributed by atoms with Crippen LogP contribution in [0.15, 0.2) is 28.7 Å². The van der Waals surface area contributed by atoms with Crippen LogP contribution in [0.2, 0.25) is 0 Å². The third-order valence-corrected chi connectivity index (χ3v) is 4.95. The van der Waals surface area contributed by atoms with Crippen molar-refractivity contribution in [3.05, 3.63) is 55.4 Å². The lowest BCUT2D eigenvalue weighted by Crippen LogP contribution is -2.23. The van der Waals surface area contributed by atoms with Gasteiger partial charge in [0.1, 0.15) is 5.82 Å². The normalized spacial score (nSPS) is 12.7. The van der Waals surface area contributed by atoms with Gasteiger partial charge in [-0.2, -0.15) is 0 Å².